The van der Waals surface area contributed by atoms with E-state index in [9.17, 15) is 9.59 Å². The van der Waals surface area contributed by atoms with E-state index in [4.69, 9.17) is 4.74 Å². The molecule has 0 spiro atoms. The summed E-state index contributed by atoms with van der Waals surface area (Å²) in [6.45, 7) is 2.26. The molecule has 1 saturated heterocycles. The van der Waals surface area contributed by atoms with Gasteiger partial charge in [0.25, 0.3) is 5.91 Å². The number of ether oxygens (including phenoxy) is 1. The van der Waals surface area contributed by atoms with Crippen LogP contribution in [0.25, 0.3) is 0 Å². The molecule has 1 aromatic rings. The van der Waals surface area contributed by atoms with Crippen LogP contribution in [0, 0.1) is 0 Å². The number of ketones is 1. The monoisotopic (exact) mass is 276 g/mol. The molecule has 1 unspecified atom stereocenters. The molecule has 1 amide bonds. The quantitative estimate of drug-likeness (QED) is 0.844. The number of methoxy groups -OCH3 is 1. The highest BCUT2D eigenvalue weighted by Crippen LogP contribution is 2.24. The normalized spacial score (nSPS) is 18.7. The Morgan fingerprint density at radius 3 is 2.95 bits per heavy atom. The summed E-state index contributed by atoms with van der Waals surface area (Å²) < 4.78 is 5.15. The second-order valence-electron chi connectivity index (χ2n) is 5.11. The average molecular weight is 276 g/mol. The molecule has 0 aliphatic carbocycles. The largest absolute Gasteiger partial charge is 0.480 e. The maximum Gasteiger partial charge on any atom is 0.259 e. The SMILES string of the molecule is COc1ncccc1C(=O)N1CCCCC1CC(C)=O. The van der Waals surface area contributed by atoms with Crippen molar-refractivity contribution < 1.29 is 14.3 Å². The number of hydrogen-bond acceptors (Lipinski definition) is 4. The van der Waals surface area contributed by atoms with Gasteiger partial charge in [0.1, 0.15) is 11.3 Å². The minimum Gasteiger partial charge on any atom is -0.480 e. The molecule has 2 rings (SSSR count). The number of carbonyl (C=O) groups excluding carboxylic acids is 2. The molecule has 108 valence electrons. The molecule has 2 heterocycles. The average Bonchev–Trinajstić information content (AvgIpc) is 2.46. The van der Waals surface area contributed by atoms with Crippen LogP contribution in [0.1, 0.15) is 43.0 Å². The molecule has 1 atom stereocenters. The Bertz CT molecular complexity index is 502. The predicted octanol–water partition coefficient (Wildman–Crippen LogP) is 2.06. The van der Waals surface area contributed by atoms with E-state index in [2.05, 4.69) is 4.98 Å². The van der Waals surface area contributed by atoms with Gasteiger partial charge in [-0.1, -0.05) is 0 Å². The lowest BCUT2D eigenvalue weighted by Gasteiger charge is -2.35. The fourth-order valence-corrected chi connectivity index (χ4v) is 2.68. The number of pyridine rings is 1. The third-order valence-electron chi connectivity index (χ3n) is 3.61. The van der Waals surface area contributed by atoms with Crippen LogP contribution in [-0.4, -0.2) is 41.3 Å². The van der Waals surface area contributed by atoms with Gasteiger partial charge in [-0.05, 0) is 38.3 Å². The summed E-state index contributed by atoms with van der Waals surface area (Å²) in [7, 11) is 1.50. The molecule has 20 heavy (non-hydrogen) atoms. The molecular weight excluding hydrogens is 256 g/mol. The lowest BCUT2D eigenvalue weighted by molar-refractivity contribution is -0.118. The summed E-state index contributed by atoms with van der Waals surface area (Å²) >= 11 is 0. The number of rotatable bonds is 4. The van der Waals surface area contributed by atoms with Gasteiger partial charge in [-0.3, -0.25) is 9.59 Å². The molecule has 0 radical (unpaired) electrons. The van der Waals surface area contributed by atoms with Gasteiger partial charge in [0.15, 0.2) is 0 Å². The minimum atomic E-state index is -0.0964. The van der Waals surface area contributed by atoms with Gasteiger partial charge >= 0.3 is 0 Å². The summed E-state index contributed by atoms with van der Waals surface area (Å²) in [4.78, 5) is 29.9. The number of nitrogens with zero attached hydrogens (tertiary/aromatic N) is 2. The van der Waals surface area contributed by atoms with Crippen molar-refractivity contribution in [1.29, 1.82) is 0 Å². The minimum absolute atomic E-state index is 0.00124. The number of aromatic nitrogens is 1. The first-order valence-corrected chi connectivity index (χ1v) is 6.93. The van der Waals surface area contributed by atoms with Crippen LogP contribution in [-0.2, 0) is 4.79 Å². The first-order chi connectivity index (χ1) is 9.63. The van der Waals surface area contributed by atoms with E-state index in [-0.39, 0.29) is 17.7 Å². The fraction of sp³-hybridized carbons (Fsp3) is 0.533. The Morgan fingerprint density at radius 2 is 2.25 bits per heavy atom. The highest BCUT2D eigenvalue weighted by Gasteiger charge is 2.29. The lowest BCUT2D eigenvalue weighted by Crippen LogP contribution is -2.44. The maximum absolute atomic E-state index is 12.7. The van der Waals surface area contributed by atoms with Crippen molar-refractivity contribution in [3.05, 3.63) is 23.9 Å². The standard InChI is InChI=1S/C15H20N2O3/c1-11(18)10-12-6-3-4-9-17(12)15(19)13-7-5-8-16-14(13)20-2/h5,7-8,12H,3-4,6,9-10H2,1-2H3. The van der Waals surface area contributed by atoms with E-state index in [0.717, 1.165) is 19.3 Å². The van der Waals surface area contributed by atoms with Crippen molar-refractivity contribution in [2.24, 2.45) is 0 Å². The second-order valence-corrected chi connectivity index (χ2v) is 5.11. The van der Waals surface area contributed by atoms with Gasteiger partial charge in [0, 0.05) is 25.2 Å². The zero-order valence-electron chi connectivity index (χ0n) is 12.0. The van der Waals surface area contributed by atoms with Crippen LogP contribution >= 0.6 is 0 Å². The zero-order chi connectivity index (χ0) is 14.5. The third kappa shape index (κ3) is 3.15. The second kappa shape index (κ2) is 6.50. The molecule has 1 aliphatic rings. The number of piperidine rings is 1. The van der Waals surface area contributed by atoms with Crippen LogP contribution in [0.3, 0.4) is 0 Å². The number of carbonyl (C=O) groups is 2. The summed E-state index contributed by atoms with van der Waals surface area (Å²) in [5, 5.41) is 0. The number of hydrogen-bond donors (Lipinski definition) is 0. The fourth-order valence-electron chi connectivity index (χ4n) is 2.68. The van der Waals surface area contributed by atoms with E-state index in [1.165, 1.54) is 7.11 Å². The molecular formula is C15H20N2O3. The van der Waals surface area contributed by atoms with Crippen molar-refractivity contribution in [3.63, 3.8) is 0 Å². The van der Waals surface area contributed by atoms with E-state index in [1.54, 1.807) is 30.2 Å². The zero-order valence-corrected chi connectivity index (χ0v) is 12.0. The Morgan fingerprint density at radius 1 is 1.45 bits per heavy atom. The van der Waals surface area contributed by atoms with Crippen molar-refractivity contribution in [2.75, 3.05) is 13.7 Å². The van der Waals surface area contributed by atoms with Crippen molar-refractivity contribution in [1.82, 2.24) is 9.88 Å². The van der Waals surface area contributed by atoms with Gasteiger partial charge in [-0.15, -0.1) is 0 Å². The van der Waals surface area contributed by atoms with Crippen molar-refractivity contribution >= 4 is 11.7 Å². The molecule has 0 N–H and O–H groups in total. The van der Waals surface area contributed by atoms with E-state index in [1.807, 2.05) is 0 Å². The maximum atomic E-state index is 12.7. The smallest absolute Gasteiger partial charge is 0.259 e. The van der Waals surface area contributed by atoms with E-state index >= 15 is 0 Å². The van der Waals surface area contributed by atoms with Crippen LogP contribution < -0.4 is 4.74 Å². The van der Waals surface area contributed by atoms with Gasteiger partial charge in [0.05, 0.1) is 7.11 Å². The molecule has 5 nitrogen and oxygen atoms in total. The summed E-state index contributed by atoms with van der Waals surface area (Å²) in [5.41, 5.74) is 0.463. The summed E-state index contributed by atoms with van der Waals surface area (Å²) in [5.74, 6) is 0.360. The van der Waals surface area contributed by atoms with Gasteiger partial charge in [-0.2, -0.15) is 0 Å². The molecule has 1 aliphatic heterocycles. The molecule has 5 heteroatoms. The van der Waals surface area contributed by atoms with Gasteiger partial charge in [-0.25, -0.2) is 4.98 Å². The number of amides is 1. The molecule has 0 bridgehead atoms. The highest BCUT2D eigenvalue weighted by atomic mass is 16.5. The Labute approximate surface area is 118 Å². The van der Waals surface area contributed by atoms with Crippen LogP contribution in [0.4, 0.5) is 0 Å². The third-order valence-corrected chi connectivity index (χ3v) is 3.61. The number of likely N-dealkylation sites (tertiary alicyclic amines) is 1. The Kier molecular flexibility index (Phi) is 4.71. The highest BCUT2D eigenvalue weighted by molar-refractivity contribution is 5.96. The number of Topliss-reactive ketones (excluding diaryl/α,β-unsaturated/α-hetero) is 1. The predicted molar refractivity (Wildman–Crippen MR) is 74.8 cm³/mol. The van der Waals surface area contributed by atoms with Crippen LogP contribution in [0.15, 0.2) is 18.3 Å². The molecule has 0 aromatic carbocycles. The van der Waals surface area contributed by atoms with Gasteiger partial charge in [0.2, 0.25) is 5.88 Å². The van der Waals surface area contributed by atoms with Gasteiger partial charge < -0.3 is 9.64 Å². The molecule has 1 aromatic heterocycles. The first kappa shape index (κ1) is 14.5. The Balaban J connectivity index is 2.23. The Hall–Kier alpha value is -1.91. The van der Waals surface area contributed by atoms with Crippen LogP contribution in [0.5, 0.6) is 5.88 Å². The molecule has 0 saturated carbocycles. The van der Waals surface area contributed by atoms with E-state index < -0.39 is 0 Å². The van der Waals surface area contributed by atoms with Crippen molar-refractivity contribution in [2.45, 2.75) is 38.6 Å². The lowest BCUT2D eigenvalue weighted by atomic mass is 9.97. The molecule has 1 fully saturated rings. The van der Waals surface area contributed by atoms with Crippen molar-refractivity contribution in [3.8, 4) is 5.88 Å². The van der Waals surface area contributed by atoms with Crippen LogP contribution in [0.2, 0.25) is 0 Å². The summed E-state index contributed by atoms with van der Waals surface area (Å²) in [6.07, 6.45) is 4.94. The van der Waals surface area contributed by atoms with E-state index in [0.29, 0.717) is 24.4 Å². The summed E-state index contributed by atoms with van der Waals surface area (Å²) in [6, 6.07) is 3.44. The first-order valence-electron chi connectivity index (χ1n) is 6.93. The topological polar surface area (TPSA) is 59.5 Å².